The van der Waals surface area contributed by atoms with E-state index in [1.54, 1.807) is 20.8 Å². The van der Waals surface area contributed by atoms with Crippen LogP contribution in [0, 0.1) is 0 Å². The second-order valence-electron chi connectivity index (χ2n) is 6.27. The van der Waals surface area contributed by atoms with Gasteiger partial charge in [-0.3, -0.25) is 4.90 Å². The Hall–Kier alpha value is -1.26. The molecule has 2 atom stereocenters. The lowest BCUT2D eigenvalue weighted by Crippen LogP contribution is -2.58. The lowest BCUT2D eigenvalue weighted by molar-refractivity contribution is -0.152. The predicted octanol–water partition coefficient (Wildman–Crippen LogP) is 2.39. The summed E-state index contributed by atoms with van der Waals surface area (Å²) in [6.07, 6.45) is 3.13. The van der Waals surface area contributed by atoms with Crippen molar-refractivity contribution in [1.82, 2.24) is 4.90 Å². The summed E-state index contributed by atoms with van der Waals surface area (Å²) in [6, 6.07) is 0.0321. The molecular formula is C13H21NO4. The molecule has 2 fully saturated rings. The van der Waals surface area contributed by atoms with Crippen molar-refractivity contribution in [2.75, 3.05) is 0 Å². The summed E-state index contributed by atoms with van der Waals surface area (Å²) in [7, 11) is 0. The fourth-order valence-electron chi connectivity index (χ4n) is 3.11. The highest BCUT2D eigenvalue weighted by molar-refractivity contribution is 5.85. The number of carbonyl (C=O) groups excluding carboxylic acids is 1. The van der Waals surface area contributed by atoms with Crippen LogP contribution in [0.4, 0.5) is 4.79 Å². The Morgan fingerprint density at radius 1 is 1.28 bits per heavy atom. The molecule has 0 aromatic carbocycles. The molecule has 2 unspecified atom stereocenters. The highest BCUT2D eigenvalue weighted by Crippen LogP contribution is 2.45. The zero-order valence-corrected chi connectivity index (χ0v) is 11.2. The van der Waals surface area contributed by atoms with Gasteiger partial charge in [0.2, 0.25) is 0 Å². The van der Waals surface area contributed by atoms with Gasteiger partial charge in [-0.2, -0.15) is 0 Å². The zero-order valence-electron chi connectivity index (χ0n) is 11.2. The van der Waals surface area contributed by atoms with Gasteiger partial charge in [0, 0.05) is 6.04 Å². The Bertz CT molecular complexity index is 370. The molecule has 0 aromatic heterocycles. The quantitative estimate of drug-likeness (QED) is 0.781. The fourth-order valence-corrected chi connectivity index (χ4v) is 3.11. The number of carbonyl (C=O) groups is 2. The first kappa shape index (κ1) is 13.2. The first-order valence-electron chi connectivity index (χ1n) is 6.52. The number of piperidine rings is 1. The number of hydrogen-bond donors (Lipinski definition) is 1. The van der Waals surface area contributed by atoms with E-state index >= 15 is 0 Å². The van der Waals surface area contributed by atoms with E-state index in [2.05, 4.69) is 0 Å². The molecule has 0 aliphatic carbocycles. The lowest BCUT2D eigenvalue weighted by Gasteiger charge is -2.42. The van der Waals surface area contributed by atoms with E-state index in [1.165, 1.54) is 4.90 Å². The summed E-state index contributed by atoms with van der Waals surface area (Å²) in [5.41, 5.74) is -1.61. The Morgan fingerprint density at radius 2 is 1.94 bits per heavy atom. The minimum Gasteiger partial charge on any atom is -0.479 e. The molecule has 0 spiro atoms. The number of nitrogens with zero attached hydrogens (tertiary/aromatic N) is 1. The van der Waals surface area contributed by atoms with Crippen molar-refractivity contribution in [3.63, 3.8) is 0 Å². The van der Waals surface area contributed by atoms with Crippen molar-refractivity contribution in [1.29, 1.82) is 0 Å². The van der Waals surface area contributed by atoms with Gasteiger partial charge in [-0.25, -0.2) is 9.59 Å². The highest BCUT2D eigenvalue weighted by atomic mass is 16.6. The van der Waals surface area contributed by atoms with Crippen LogP contribution in [0.5, 0.6) is 0 Å². The average Bonchev–Trinajstić information content (AvgIpc) is 2.45. The van der Waals surface area contributed by atoms with Crippen molar-refractivity contribution in [2.45, 2.75) is 70.1 Å². The van der Waals surface area contributed by atoms with Crippen molar-refractivity contribution in [2.24, 2.45) is 0 Å². The van der Waals surface area contributed by atoms with Crippen LogP contribution in [0.3, 0.4) is 0 Å². The molecule has 1 N–H and O–H groups in total. The third-order valence-corrected chi connectivity index (χ3v) is 3.83. The summed E-state index contributed by atoms with van der Waals surface area (Å²) in [5.74, 6) is -0.893. The van der Waals surface area contributed by atoms with Crippen LogP contribution in [-0.2, 0) is 9.53 Å². The van der Waals surface area contributed by atoms with Gasteiger partial charge in [-0.15, -0.1) is 0 Å². The van der Waals surface area contributed by atoms with Gasteiger partial charge in [0.15, 0.2) is 0 Å². The van der Waals surface area contributed by atoms with Gasteiger partial charge < -0.3 is 9.84 Å². The number of hydrogen-bond acceptors (Lipinski definition) is 3. The molecule has 0 radical (unpaired) electrons. The maximum Gasteiger partial charge on any atom is 0.411 e. The first-order chi connectivity index (χ1) is 8.26. The van der Waals surface area contributed by atoms with E-state index in [-0.39, 0.29) is 6.04 Å². The van der Waals surface area contributed by atoms with Gasteiger partial charge in [0.05, 0.1) is 0 Å². The van der Waals surface area contributed by atoms with Gasteiger partial charge >= 0.3 is 12.1 Å². The normalized spacial score (nSPS) is 31.3. The molecule has 0 aromatic rings. The van der Waals surface area contributed by atoms with Crippen LogP contribution in [0.1, 0.15) is 52.9 Å². The van der Waals surface area contributed by atoms with Crippen molar-refractivity contribution in [3.8, 4) is 0 Å². The third-order valence-electron chi connectivity index (χ3n) is 3.83. The number of aliphatic carboxylic acids is 1. The molecule has 2 saturated heterocycles. The van der Waals surface area contributed by atoms with Crippen LogP contribution >= 0.6 is 0 Å². The van der Waals surface area contributed by atoms with E-state index in [1.807, 2.05) is 0 Å². The highest BCUT2D eigenvalue weighted by Gasteiger charge is 2.57. The smallest absolute Gasteiger partial charge is 0.411 e. The van der Waals surface area contributed by atoms with E-state index in [0.29, 0.717) is 12.8 Å². The SMILES string of the molecule is CC(C)(C)OC(=O)N1C2CCCC1(C(=O)O)CC2. The molecule has 2 heterocycles. The third kappa shape index (κ3) is 2.06. The van der Waals surface area contributed by atoms with E-state index < -0.39 is 23.2 Å². The van der Waals surface area contributed by atoms with E-state index in [9.17, 15) is 14.7 Å². The largest absolute Gasteiger partial charge is 0.479 e. The first-order valence-corrected chi connectivity index (χ1v) is 6.52. The minimum atomic E-state index is -1.02. The summed E-state index contributed by atoms with van der Waals surface area (Å²) in [5, 5.41) is 9.48. The Morgan fingerprint density at radius 3 is 2.50 bits per heavy atom. The van der Waals surface area contributed by atoms with Crippen LogP contribution < -0.4 is 0 Å². The molecule has 18 heavy (non-hydrogen) atoms. The summed E-state index contributed by atoms with van der Waals surface area (Å²) in [6.45, 7) is 5.39. The van der Waals surface area contributed by atoms with Gasteiger partial charge in [0.1, 0.15) is 11.1 Å². The van der Waals surface area contributed by atoms with Gasteiger partial charge in [0.25, 0.3) is 0 Å². The Labute approximate surface area is 107 Å². The summed E-state index contributed by atoms with van der Waals surface area (Å²) >= 11 is 0. The zero-order chi connectivity index (χ0) is 13.6. The molecule has 2 bridgehead atoms. The van der Waals surface area contributed by atoms with Crippen LogP contribution in [0.25, 0.3) is 0 Å². The van der Waals surface area contributed by atoms with Crippen molar-refractivity contribution >= 4 is 12.1 Å². The second-order valence-corrected chi connectivity index (χ2v) is 6.27. The summed E-state index contributed by atoms with van der Waals surface area (Å²) in [4.78, 5) is 25.3. The van der Waals surface area contributed by atoms with Crippen molar-refractivity contribution < 1.29 is 19.4 Å². The molecule has 5 heteroatoms. The van der Waals surface area contributed by atoms with Crippen molar-refractivity contribution in [3.05, 3.63) is 0 Å². The maximum atomic E-state index is 12.2. The number of ether oxygens (including phenoxy) is 1. The number of rotatable bonds is 1. The molecule has 2 aliphatic rings. The molecule has 1 amide bonds. The lowest BCUT2D eigenvalue weighted by atomic mass is 9.89. The number of carboxylic acid groups (broad SMARTS) is 1. The summed E-state index contributed by atoms with van der Waals surface area (Å²) < 4.78 is 5.36. The molecule has 0 saturated carbocycles. The fraction of sp³-hybridized carbons (Fsp3) is 0.846. The number of carboxylic acids is 1. The predicted molar refractivity (Wildman–Crippen MR) is 65.3 cm³/mol. The van der Waals surface area contributed by atoms with Crippen LogP contribution in [-0.4, -0.2) is 39.3 Å². The van der Waals surface area contributed by atoms with Crippen LogP contribution in [0.2, 0.25) is 0 Å². The molecule has 5 nitrogen and oxygen atoms in total. The van der Waals surface area contributed by atoms with Gasteiger partial charge in [-0.05, 0) is 52.9 Å². The van der Waals surface area contributed by atoms with E-state index in [4.69, 9.17) is 4.74 Å². The number of amides is 1. The molecule has 2 rings (SSSR count). The Balaban J connectivity index is 2.25. The minimum absolute atomic E-state index is 0.0321. The number of fused-ring (bicyclic) bond motifs is 2. The molecule has 2 aliphatic heterocycles. The average molecular weight is 255 g/mol. The van der Waals surface area contributed by atoms with E-state index in [0.717, 1.165) is 19.3 Å². The monoisotopic (exact) mass is 255 g/mol. The Kier molecular flexibility index (Phi) is 3.03. The standard InChI is InChI=1S/C13H21NO4/c1-12(2,3)18-11(17)14-9-5-4-7-13(14,8-6-9)10(15)16/h9H,4-8H2,1-3H3,(H,15,16). The van der Waals surface area contributed by atoms with Crippen LogP contribution in [0.15, 0.2) is 0 Å². The molecule has 102 valence electrons. The maximum absolute atomic E-state index is 12.2. The van der Waals surface area contributed by atoms with Gasteiger partial charge in [-0.1, -0.05) is 0 Å². The molecular weight excluding hydrogens is 234 g/mol. The topological polar surface area (TPSA) is 66.8 Å². The second kappa shape index (κ2) is 4.14.